The Morgan fingerprint density at radius 2 is 1.77 bits per heavy atom. The molecule has 0 fully saturated rings. The van der Waals surface area contributed by atoms with E-state index in [4.69, 9.17) is 15.2 Å². The predicted octanol–water partition coefficient (Wildman–Crippen LogP) is 1.94. The molecule has 0 radical (unpaired) electrons. The van der Waals surface area contributed by atoms with Crippen molar-refractivity contribution >= 4 is 15.7 Å². The van der Waals surface area contributed by atoms with E-state index < -0.39 is 15.7 Å². The van der Waals surface area contributed by atoms with Gasteiger partial charge in [-0.3, -0.25) is 9.69 Å². The molecule has 0 saturated carbocycles. The number of carbonyl (C=O) groups is 1. The second-order valence-electron chi connectivity index (χ2n) is 7.37. The van der Waals surface area contributed by atoms with Gasteiger partial charge in [-0.1, -0.05) is 30.3 Å². The summed E-state index contributed by atoms with van der Waals surface area (Å²) < 4.78 is 35.7. The quantitative estimate of drug-likeness (QED) is 0.650. The molecular formula is C22H28N2O5S. The van der Waals surface area contributed by atoms with Crippen LogP contribution in [0.3, 0.4) is 0 Å². The molecule has 8 heteroatoms. The van der Waals surface area contributed by atoms with Crippen LogP contribution in [0.2, 0.25) is 0 Å². The molecule has 1 atom stereocenters. The van der Waals surface area contributed by atoms with E-state index in [-0.39, 0.29) is 24.0 Å². The Labute approximate surface area is 177 Å². The highest BCUT2D eigenvalue weighted by atomic mass is 32.2. The zero-order chi connectivity index (χ0) is 21.7. The zero-order valence-electron chi connectivity index (χ0n) is 17.3. The zero-order valence-corrected chi connectivity index (χ0v) is 18.2. The van der Waals surface area contributed by atoms with Crippen LogP contribution in [0.15, 0.2) is 42.5 Å². The van der Waals surface area contributed by atoms with E-state index in [9.17, 15) is 13.2 Å². The maximum atomic E-state index is 12.4. The molecule has 7 nitrogen and oxygen atoms in total. The van der Waals surface area contributed by atoms with Crippen LogP contribution in [0.25, 0.3) is 0 Å². The molecule has 3 rings (SSSR count). The topological polar surface area (TPSA) is 98.9 Å². The Morgan fingerprint density at radius 1 is 1.10 bits per heavy atom. The minimum Gasteiger partial charge on any atom is -0.493 e. The third-order valence-electron chi connectivity index (χ3n) is 5.44. The van der Waals surface area contributed by atoms with Crippen LogP contribution in [0.5, 0.6) is 11.5 Å². The number of nitrogens with zero attached hydrogens (tertiary/aromatic N) is 1. The van der Waals surface area contributed by atoms with Gasteiger partial charge in [-0.2, -0.15) is 0 Å². The van der Waals surface area contributed by atoms with Gasteiger partial charge in [0.2, 0.25) is 5.91 Å². The van der Waals surface area contributed by atoms with E-state index in [0.717, 1.165) is 23.1 Å². The van der Waals surface area contributed by atoms with Crippen molar-refractivity contribution in [3.8, 4) is 11.5 Å². The molecular weight excluding hydrogens is 404 g/mol. The summed E-state index contributed by atoms with van der Waals surface area (Å²) in [5, 5.41) is 0. The van der Waals surface area contributed by atoms with Gasteiger partial charge in [0.05, 0.1) is 31.8 Å². The lowest BCUT2D eigenvalue weighted by Crippen LogP contribution is -2.39. The van der Waals surface area contributed by atoms with Crippen molar-refractivity contribution in [2.75, 3.05) is 38.8 Å². The highest BCUT2D eigenvalue weighted by Gasteiger charge is 2.31. The standard InChI is InChI=1S/C22H28N2O5S/c1-28-19-14-17-8-10-24(11-13-30(26,27)12-9-21(23)25)22(16-6-4-3-5-7-16)18(17)15-20(19)29-2/h3-7,14-15,22H,8-13H2,1-2H3,(H2,23,25)/t22-/m0/s1. The van der Waals surface area contributed by atoms with E-state index in [1.165, 1.54) is 0 Å². The Bertz CT molecular complexity index is 992. The number of hydrogen-bond donors (Lipinski definition) is 1. The van der Waals surface area contributed by atoms with Crippen LogP contribution in [-0.2, 0) is 21.1 Å². The Hall–Kier alpha value is -2.58. The first-order chi connectivity index (χ1) is 14.3. The lowest BCUT2D eigenvalue weighted by atomic mass is 9.87. The van der Waals surface area contributed by atoms with Gasteiger partial charge in [-0.05, 0) is 35.2 Å². The van der Waals surface area contributed by atoms with Crippen molar-refractivity contribution in [1.29, 1.82) is 0 Å². The molecule has 1 aliphatic heterocycles. The summed E-state index contributed by atoms with van der Waals surface area (Å²) in [6, 6.07) is 13.9. The Balaban J connectivity index is 1.92. The minimum atomic E-state index is -3.37. The lowest BCUT2D eigenvalue weighted by molar-refractivity contribution is -0.117. The highest BCUT2D eigenvalue weighted by Crippen LogP contribution is 2.40. The van der Waals surface area contributed by atoms with Gasteiger partial charge in [0.1, 0.15) is 0 Å². The van der Waals surface area contributed by atoms with Gasteiger partial charge in [-0.25, -0.2) is 8.42 Å². The SMILES string of the molecule is COc1cc2c(cc1OC)[C@H](c1ccccc1)N(CCS(=O)(=O)CCC(N)=O)CC2. The molecule has 0 unspecified atom stereocenters. The highest BCUT2D eigenvalue weighted by molar-refractivity contribution is 7.91. The molecule has 0 bridgehead atoms. The molecule has 1 aliphatic rings. The van der Waals surface area contributed by atoms with Crippen molar-refractivity contribution in [2.45, 2.75) is 18.9 Å². The number of primary amides is 1. The van der Waals surface area contributed by atoms with Gasteiger partial charge < -0.3 is 15.2 Å². The third-order valence-corrected chi connectivity index (χ3v) is 7.07. The minimum absolute atomic E-state index is 0.0216. The Morgan fingerprint density at radius 3 is 2.40 bits per heavy atom. The molecule has 162 valence electrons. The van der Waals surface area contributed by atoms with Crippen LogP contribution in [0, 0.1) is 0 Å². The number of hydrogen-bond acceptors (Lipinski definition) is 6. The maximum Gasteiger partial charge on any atom is 0.218 e. The summed E-state index contributed by atoms with van der Waals surface area (Å²) in [4.78, 5) is 13.1. The van der Waals surface area contributed by atoms with Crippen molar-refractivity contribution < 1.29 is 22.7 Å². The molecule has 1 heterocycles. The fourth-order valence-corrected chi connectivity index (χ4v) is 5.11. The fourth-order valence-electron chi connectivity index (χ4n) is 3.88. The van der Waals surface area contributed by atoms with Crippen LogP contribution >= 0.6 is 0 Å². The van der Waals surface area contributed by atoms with Crippen molar-refractivity contribution in [2.24, 2.45) is 5.73 Å². The van der Waals surface area contributed by atoms with E-state index in [1.54, 1.807) is 14.2 Å². The summed E-state index contributed by atoms with van der Waals surface area (Å²) in [6.07, 6.45) is 0.630. The first-order valence-electron chi connectivity index (χ1n) is 9.87. The second-order valence-corrected chi connectivity index (χ2v) is 9.68. The van der Waals surface area contributed by atoms with E-state index in [0.29, 0.717) is 24.6 Å². The number of fused-ring (bicyclic) bond motifs is 1. The smallest absolute Gasteiger partial charge is 0.218 e. The lowest BCUT2D eigenvalue weighted by Gasteiger charge is -2.38. The van der Waals surface area contributed by atoms with Gasteiger partial charge in [0.15, 0.2) is 21.3 Å². The van der Waals surface area contributed by atoms with E-state index >= 15 is 0 Å². The van der Waals surface area contributed by atoms with E-state index in [1.807, 2.05) is 42.5 Å². The predicted molar refractivity (Wildman–Crippen MR) is 116 cm³/mol. The van der Waals surface area contributed by atoms with Crippen molar-refractivity contribution in [1.82, 2.24) is 4.90 Å². The summed E-state index contributed by atoms with van der Waals surface area (Å²) in [5.74, 6) is 0.493. The molecule has 0 spiro atoms. The molecule has 1 amide bonds. The van der Waals surface area contributed by atoms with Crippen LogP contribution < -0.4 is 15.2 Å². The van der Waals surface area contributed by atoms with Gasteiger partial charge in [-0.15, -0.1) is 0 Å². The number of methoxy groups -OCH3 is 2. The largest absolute Gasteiger partial charge is 0.493 e. The molecule has 0 saturated heterocycles. The molecule has 30 heavy (non-hydrogen) atoms. The summed E-state index contributed by atoms with van der Waals surface area (Å²) in [5.41, 5.74) is 8.43. The molecule has 2 aromatic carbocycles. The van der Waals surface area contributed by atoms with E-state index in [2.05, 4.69) is 4.90 Å². The van der Waals surface area contributed by atoms with Gasteiger partial charge >= 0.3 is 0 Å². The molecule has 2 N–H and O–H groups in total. The first-order valence-corrected chi connectivity index (χ1v) is 11.7. The number of sulfone groups is 1. The van der Waals surface area contributed by atoms with Crippen LogP contribution in [0.1, 0.15) is 29.2 Å². The Kier molecular flexibility index (Phi) is 6.99. The number of amides is 1. The average molecular weight is 433 g/mol. The third kappa shape index (κ3) is 5.12. The van der Waals surface area contributed by atoms with Crippen molar-refractivity contribution in [3.63, 3.8) is 0 Å². The number of rotatable bonds is 9. The second kappa shape index (κ2) is 9.49. The normalized spacial score (nSPS) is 16.7. The van der Waals surface area contributed by atoms with Crippen LogP contribution in [0.4, 0.5) is 0 Å². The monoisotopic (exact) mass is 432 g/mol. The molecule has 0 aromatic heterocycles. The fraction of sp³-hybridized carbons (Fsp3) is 0.409. The number of benzene rings is 2. The van der Waals surface area contributed by atoms with Crippen LogP contribution in [-0.4, -0.2) is 58.0 Å². The number of carbonyl (C=O) groups excluding carboxylic acids is 1. The maximum absolute atomic E-state index is 12.4. The average Bonchev–Trinajstić information content (AvgIpc) is 2.75. The summed E-state index contributed by atoms with van der Waals surface area (Å²) in [7, 11) is -0.149. The van der Waals surface area contributed by atoms with Gasteiger partial charge in [0.25, 0.3) is 0 Å². The number of ether oxygens (including phenoxy) is 2. The summed E-state index contributed by atoms with van der Waals surface area (Å²) in [6.45, 7) is 1.09. The molecule has 0 aliphatic carbocycles. The van der Waals surface area contributed by atoms with Crippen molar-refractivity contribution in [3.05, 3.63) is 59.2 Å². The molecule has 2 aromatic rings. The number of nitrogens with two attached hydrogens (primary N) is 1. The summed E-state index contributed by atoms with van der Waals surface area (Å²) >= 11 is 0. The first kappa shape index (κ1) is 22.1. The van der Waals surface area contributed by atoms with Gasteiger partial charge in [0, 0.05) is 19.5 Å².